The number of fused-ring (bicyclic) bond motifs is 1. The van der Waals surface area contributed by atoms with Gasteiger partial charge >= 0.3 is 0 Å². The van der Waals surface area contributed by atoms with Crippen LogP contribution < -0.4 is 11.1 Å². The number of carbonyl (C=O) groups is 2. The molecule has 0 radical (unpaired) electrons. The van der Waals surface area contributed by atoms with Crippen LogP contribution in [0.1, 0.15) is 54.2 Å². The summed E-state index contributed by atoms with van der Waals surface area (Å²) in [5, 5.41) is 3.31. The Bertz CT molecular complexity index is 798. The fourth-order valence-corrected chi connectivity index (χ4v) is 4.04. The Balaban J connectivity index is 1.73. The average Bonchev–Trinajstić information content (AvgIpc) is 2.95. The van der Waals surface area contributed by atoms with Crippen LogP contribution in [-0.4, -0.2) is 16.7 Å². The number of thiazole rings is 1. The largest absolute Gasteiger partial charge is 0.323 e. The van der Waals surface area contributed by atoms with Crippen LogP contribution in [0.15, 0.2) is 30.3 Å². The molecule has 0 aliphatic heterocycles. The molecule has 1 aliphatic carbocycles. The molecule has 0 fully saturated rings. The predicted octanol–water partition coefficient (Wildman–Crippen LogP) is 3.57. The van der Waals surface area contributed by atoms with Gasteiger partial charge in [0.15, 0.2) is 10.9 Å². The summed E-state index contributed by atoms with van der Waals surface area (Å²) >= 11 is 1.26. The Hall–Kier alpha value is -2.05. The van der Waals surface area contributed by atoms with E-state index in [0.29, 0.717) is 16.4 Å². The number of rotatable bonds is 4. The van der Waals surface area contributed by atoms with Gasteiger partial charge in [0.1, 0.15) is 0 Å². The topological polar surface area (TPSA) is 85.1 Å². The van der Waals surface area contributed by atoms with Crippen LogP contribution in [0.4, 0.5) is 5.13 Å². The summed E-state index contributed by atoms with van der Waals surface area (Å²) in [4.78, 5) is 30.0. The van der Waals surface area contributed by atoms with Crippen LogP contribution in [0, 0.1) is 11.3 Å². The average molecular weight is 357 g/mol. The number of hydrogen-bond donors (Lipinski definition) is 2. The zero-order valence-electron chi connectivity index (χ0n) is 14.7. The van der Waals surface area contributed by atoms with E-state index >= 15 is 0 Å². The van der Waals surface area contributed by atoms with Gasteiger partial charge in [0.25, 0.3) is 0 Å². The minimum Gasteiger partial charge on any atom is -0.323 e. The zero-order chi connectivity index (χ0) is 18.2. The van der Waals surface area contributed by atoms with Gasteiger partial charge in [-0.15, -0.1) is 0 Å². The van der Waals surface area contributed by atoms with E-state index < -0.39 is 12.0 Å². The van der Waals surface area contributed by atoms with Crippen molar-refractivity contribution in [1.29, 1.82) is 0 Å². The molecule has 2 unspecified atom stereocenters. The van der Waals surface area contributed by atoms with E-state index in [0.717, 1.165) is 17.7 Å². The standard InChI is InChI=1S/C19H23N3O2S/c1-11(15(20)12-7-5-4-6-8-12)17(24)22-18-21-13-9-19(2,3)10-14(23)16(13)25-18/h4-8,11,15H,9-10,20H2,1-3H3,(H,21,22,24). The number of carbonyl (C=O) groups excluding carboxylic acids is 2. The molecule has 3 N–H and O–H groups in total. The van der Waals surface area contributed by atoms with Gasteiger partial charge in [-0.2, -0.15) is 0 Å². The van der Waals surface area contributed by atoms with Gasteiger partial charge in [-0.1, -0.05) is 62.4 Å². The highest BCUT2D eigenvalue weighted by Crippen LogP contribution is 2.38. The number of nitrogens with zero attached hydrogens (tertiary/aromatic N) is 1. The molecule has 1 aliphatic rings. The van der Waals surface area contributed by atoms with E-state index in [9.17, 15) is 9.59 Å². The Morgan fingerprint density at radius 2 is 1.96 bits per heavy atom. The van der Waals surface area contributed by atoms with Gasteiger partial charge in [-0.3, -0.25) is 9.59 Å². The summed E-state index contributed by atoms with van der Waals surface area (Å²) < 4.78 is 0. The molecule has 1 heterocycles. The number of amides is 1. The van der Waals surface area contributed by atoms with Crippen LogP contribution in [-0.2, 0) is 11.2 Å². The highest BCUT2D eigenvalue weighted by Gasteiger charge is 2.34. The molecular formula is C19H23N3O2S. The van der Waals surface area contributed by atoms with Gasteiger partial charge in [0, 0.05) is 12.5 Å². The molecule has 1 amide bonds. The number of Topliss-reactive ketones (excluding diaryl/α,β-unsaturated/α-hetero) is 1. The molecule has 0 bridgehead atoms. The van der Waals surface area contributed by atoms with Crippen LogP contribution in [0.5, 0.6) is 0 Å². The lowest BCUT2D eigenvalue weighted by Gasteiger charge is -2.26. The molecule has 3 rings (SSSR count). The summed E-state index contributed by atoms with van der Waals surface area (Å²) in [5.41, 5.74) is 7.85. The molecule has 6 heteroatoms. The Morgan fingerprint density at radius 1 is 1.28 bits per heavy atom. The first-order valence-electron chi connectivity index (χ1n) is 8.41. The molecule has 2 atom stereocenters. The fourth-order valence-electron chi connectivity index (χ4n) is 3.12. The summed E-state index contributed by atoms with van der Waals surface area (Å²) in [5.74, 6) is -0.483. The molecule has 25 heavy (non-hydrogen) atoms. The molecule has 0 saturated heterocycles. The van der Waals surface area contributed by atoms with E-state index in [4.69, 9.17) is 5.73 Å². The Labute approximate surface area is 151 Å². The van der Waals surface area contributed by atoms with E-state index in [1.165, 1.54) is 11.3 Å². The number of nitrogens with two attached hydrogens (primary N) is 1. The van der Waals surface area contributed by atoms with E-state index in [2.05, 4.69) is 24.1 Å². The Kier molecular flexibility index (Phi) is 4.75. The lowest BCUT2D eigenvalue weighted by Crippen LogP contribution is -2.30. The monoisotopic (exact) mass is 357 g/mol. The second kappa shape index (κ2) is 6.69. The predicted molar refractivity (Wildman–Crippen MR) is 99.7 cm³/mol. The maximum Gasteiger partial charge on any atom is 0.230 e. The number of hydrogen-bond acceptors (Lipinski definition) is 5. The van der Waals surface area contributed by atoms with Crippen molar-refractivity contribution in [2.75, 3.05) is 5.32 Å². The van der Waals surface area contributed by atoms with Gasteiger partial charge in [-0.25, -0.2) is 4.98 Å². The van der Waals surface area contributed by atoms with Crippen LogP contribution in [0.3, 0.4) is 0 Å². The van der Waals surface area contributed by atoms with Gasteiger partial charge in [0.2, 0.25) is 5.91 Å². The van der Waals surface area contributed by atoms with Crippen molar-refractivity contribution in [2.45, 2.75) is 39.7 Å². The lowest BCUT2D eigenvalue weighted by atomic mass is 9.78. The first-order chi connectivity index (χ1) is 11.8. The first-order valence-corrected chi connectivity index (χ1v) is 9.23. The summed E-state index contributed by atoms with van der Waals surface area (Å²) in [6.07, 6.45) is 1.27. The molecule has 1 aromatic carbocycles. The molecule has 0 saturated carbocycles. The molecule has 1 aromatic heterocycles. The second-order valence-corrected chi connectivity index (χ2v) is 8.45. The van der Waals surface area contributed by atoms with Crippen molar-refractivity contribution in [3.05, 3.63) is 46.5 Å². The van der Waals surface area contributed by atoms with Crippen LogP contribution >= 0.6 is 11.3 Å². The number of ketones is 1. The molecule has 132 valence electrons. The highest BCUT2D eigenvalue weighted by atomic mass is 32.1. The van der Waals surface area contributed by atoms with Crippen molar-refractivity contribution < 1.29 is 9.59 Å². The van der Waals surface area contributed by atoms with Crippen LogP contribution in [0.2, 0.25) is 0 Å². The number of nitrogens with one attached hydrogen (secondary N) is 1. The quantitative estimate of drug-likeness (QED) is 0.876. The number of benzene rings is 1. The SMILES string of the molecule is CC(C(=O)Nc1nc2c(s1)C(=O)CC(C)(C)C2)C(N)c1ccccc1. The maximum atomic E-state index is 12.5. The molecule has 2 aromatic rings. The highest BCUT2D eigenvalue weighted by molar-refractivity contribution is 7.17. The van der Waals surface area contributed by atoms with Crippen LogP contribution in [0.25, 0.3) is 0 Å². The van der Waals surface area contributed by atoms with E-state index in [1.807, 2.05) is 30.3 Å². The fraction of sp³-hybridized carbons (Fsp3) is 0.421. The van der Waals surface area contributed by atoms with E-state index in [1.54, 1.807) is 6.92 Å². The lowest BCUT2D eigenvalue weighted by molar-refractivity contribution is -0.120. The number of anilines is 1. The third-order valence-electron chi connectivity index (χ3n) is 4.60. The minimum absolute atomic E-state index is 0.0810. The normalized spacial score (nSPS) is 18.3. The van der Waals surface area contributed by atoms with Gasteiger partial charge in [0.05, 0.1) is 16.5 Å². The molecular weight excluding hydrogens is 334 g/mol. The van der Waals surface area contributed by atoms with Gasteiger partial charge < -0.3 is 11.1 Å². The smallest absolute Gasteiger partial charge is 0.230 e. The van der Waals surface area contributed by atoms with Crippen molar-refractivity contribution in [3.8, 4) is 0 Å². The maximum absolute atomic E-state index is 12.5. The Morgan fingerprint density at radius 3 is 2.64 bits per heavy atom. The van der Waals surface area contributed by atoms with Crippen molar-refractivity contribution in [1.82, 2.24) is 4.98 Å². The second-order valence-electron chi connectivity index (χ2n) is 7.45. The third kappa shape index (κ3) is 3.80. The summed E-state index contributed by atoms with van der Waals surface area (Å²) in [7, 11) is 0. The first kappa shape index (κ1) is 17.8. The zero-order valence-corrected chi connectivity index (χ0v) is 15.5. The summed E-state index contributed by atoms with van der Waals surface area (Å²) in [6, 6.07) is 9.16. The minimum atomic E-state index is -0.407. The van der Waals surface area contributed by atoms with Crippen molar-refractivity contribution in [2.24, 2.45) is 17.1 Å². The molecule has 5 nitrogen and oxygen atoms in total. The molecule has 0 spiro atoms. The van der Waals surface area contributed by atoms with Gasteiger partial charge in [-0.05, 0) is 17.4 Å². The summed E-state index contributed by atoms with van der Waals surface area (Å²) in [6.45, 7) is 5.92. The third-order valence-corrected chi connectivity index (χ3v) is 5.66. The van der Waals surface area contributed by atoms with Crippen molar-refractivity contribution in [3.63, 3.8) is 0 Å². The number of aromatic nitrogens is 1. The van der Waals surface area contributed by atoms with Crippen molar-refractivity contribution >= 4 is 28.2 Å². The van der Waals surface area contributed by atoms with E-state index in [-0.39, 0.29) is 17.1 Å².